The van der Waals surface area contributed by atoms with E-state index in [2.05, 4.69) is 141 Å². The van der Waals surface area contributed by atoms with Crippen molar-refractivity contribution >= 4 is 71.2 Å². The zero-order valence-electron chi connectivity index (χ0n) is 25.2. The first-order valence-electron chi connectivity index (χ1n) is 15.7. The Morgan fingerprint density at radius 2 is 1.04 bits per heavy atom. The first-order valence-corrected chi connectivity index (χ1v) is 15.7. The van der Waals surface area contributed by atoms with Crippen LogP contribution in [0.4, 0.5) is 5.69 Å². The summed E-state index contributed by atoms with van der Waals surface area (Å²) in [4.78, 5) is 3.74. The molecular formula is C43H25N3O. The van der Waals surface area contributed by atoms with Gasteiger partial charge in [-0.05, 0) is 77.2 Å². The summed E-state index contributed by atoms with van der Waals surface area (Å²) in [5, 5.41) is 6.78. The zero-order valence-corrected chi connectivity index (χ0v) is 25.2. The SMILES string of the molecule is [C-]#[N+]c1ccc2c(c1)c1ccc3c4ccccc4oc3c1n2-c1cccc(-c2cccc(-n3c4ccccc4c4ccccc43)c2)c1. The molecule has 4 nitrogen and oxygen atoms in total. The van der Waals surface area contributed by atoms with E-state index in [1.165, 1.54) is 21.8 Å². The van der Waals surface area contributed by atoms with Crippen molar-refractivity contribution < 1.29 is 4.42 Å². The molecule has 3 aromatic heterocycles. The molecule has 0 atom stereocenters. The molecular weight excluding hydrogens is 574 g/mol. The van der Waals surface area contributed by atoms with Crippen LogP contribution in [0.3, 0.4) is 0 Å². The van der Waals surface area contributed by atoms with E-state index in [9.17, 15) is 0 Å². The molecule has 0 amide bonds. The van der Waals surface area contributed by atoms with E-state index in [0.29, 0.717) is 5.69 Å². The predicted molar refractivity (Wildman–Crippen MR) is 194 cm³/mol. The highest BCUT2D eigenvalue weighted by Gasteiger charge is 2.20. The van der Waals surface area contributed by atoms with Crippen LogP contribution >= 0.6 is 0 Å². The maximum Gasteiger partial charge on any atom is 0.188 e. The van der Waals surface area contributed by atoms with Gasteiger partial charge in [0.2, 0.25) is 0 Å². The van der Waals surface area contributed by atoms with E-state index in [1.54, 1.807) is 0 Å². The number of benzene rings is 7. The molecule has 3 heterocycles. The summed E-state index contributed by atoms with van der Waals surface area (Å²) in [6.45, 7) is 7.68. The number of fused-ring (bicyclic) bond motifs is 10. The summed E-state index contributed by atoms with van der Waals surface area (Å²) in [6.07, 6.45) is 0. The Morgan fingerprint density at radius 3 is 1.74 bits per heavy atom. The topological polar surface area (TPSA) is 27.4 Å². The lowest BCUT2D eigenvalue weighted by Crippen LogP contribution is -1.96. The number of furan rings is 1. The molecule has 0 unspecified atom stereocenters. The highest BCUT2D eigenvalue weighted by molar-refractivity contribution is 6.22. The Balaban J connectivity index is 1.21. The van der Waals surface area contributed by atoms with Crippen molar-refractivity contribution in [1.82, 2.24) is 9.13 Å². The van der Waals surface area contributed by atoms with Crippen molar-refractivity contribution in [2.45, 2.75) is 0 Å². The molecule has 0 aliphatic rings. The van der Waals surface area contributed by atoms with Gasteiger partial charge in [0.1, 0.15) is 5.58 Å². The number of hydrogen-bond donors (Lipinski definition) is 0. The monoisotopic (exact) mass is 599 g/mol. The maximum absolute atomic E-state index is 7.68. The van der Waals surface area contributed by atoms with E-state index in [0.717, 1.165) is 66.2 Å². The van der Waals surface area contributed by atoms with Gasteiger partial charge in [-0.3, -0.25) is 0 Å². The second kappa shape index (κ2) is 9.71. The van der Waals surface area contributed by atoms with Gasteiger partial charge >= 0.3 is 0 Å². The minimum absolute atomic E-state index is 0.622. The lowest BCUT2D eigenvalue weighted by molar-refractivity contribution is 0.671. The van der Waals surface area contributed by atoms with Gasteiger partial charge in [-0.25, -0.2) is 4.85 Å². The van der Waals surface area contributed by atoms with Crippen LogP contribution in [-0.2, 0) is 0 Å². The molecule has 0 aliphatic carbocycles. The smallest absolute Gasteiger partial charge is 0.188 e. The molecule has 0 bridgehead atoms. The molecule has 218 valence electrons. The summed E-state index contributed by atoms with van der Waals surface area (Å²) in [5.74, 6) is 0. The van der Waals surface area contributed by atoms with E-state index in [1.807, 2.05) is 24.3 Å². The van der Waals surface area contributed by atoms with Crippen molar-refractivity contribution in [2.75, 3.05) is 0 Å². The second-order valence-electron chi connectivity index (χ2n) is 12.1. The Hall–Kier alpha value is -6.57. The molecule has 7 aromatic carbocycles. The molecule has 0 saturated heterocycles. The highest BCUT2D eigenvalue weighted by Crippen LogP contribution is 2.42. The normalized spacial score (nSPS) is 11.8. The molecule has 0 radical (unpaired) electrons. The third kappa shape index (κ3) is 3.69. The third-order valence-corrected chi connectivity index (χ3v) is 9.51. The Morgan fingerprint density at radius 1 is 0.447 bits per heavy atom. The van der Waals surface area contributed by atoms with Crippen LogP contribution < -0.4 is 0 Å². The van der Waals surface area contributed by atoms with Crippen molar-refractivity contribution in [3.05, 3.63) is 163 Å². The average Bonchev–Trinajstić information content (AvgIpc) is 3.79. The predicted octanol–water partition coefficient (Wildman–Crippen LogP) is 12.0. The van der Waals surface area contributed by atoms with Crippen LogP contribution in [0.5, 0.6) is 0 Å². The lowest BCUT2D eigenvalue weighted by atomic mass is 10.0. The highest BCUT2D eigenvalue weighted by atomic mass is 16.3. The van der Waals surface area contributed by atoms with Gasteiger partial charge in [0, 0.05) is 38.3 Å². The molecule has 4 heteroatoms. The first kappa shape index (κ1) is 25.7. The van der Waals surface area contributed by atoms with Gasteiger partial charge < -0.3 is 13.6 Å². The van der Waals surface area contributed by atoms with Crippen LogP contribution in [0.25, 0.3) is 92.9 Å². The first-order chi connectivity index (χ1) is 23.3. The molecule has 0 fully saturated rings. The molecule has 10 rings (SSSR count). The van der Waals surface area contributed by atoms with Crippen LogP contribution in [0.1, 0.15) is 0 Å². The third-order valence-electron chi connectivity index (χ3n) is 9.51. The number of aromatic nitrogens is 2. The fraction of sp³-hybridized carbons (Fsp3) is 0. The van der Waals surface area contributed by atoms with Gasteiger partial charge in [-0.15, -0.1) is 0 Å². The molecule has 47 heavy (non-hydrogen) atoms. The number of hydrogen-bond acceptors (Lipinski definition) is 1. The molecule has 0 saturated carbocycles. The molecule has 0 spiro atoms. The van der Waals surface area contributed by atoms with Gasteiger partial charge in [0.25, 0.3) is 0 Å². The largest absolute Gasteiger partial charge is 0.454 e. The summed E-state index contributed by atoms with van der Waals surface area (Å²) >= 11 is 0. The van der Waals surface area contributed by atoms with Crippen molar-refractivity contribution in [1.29, 1.82) is 0 Å². The van der Waals surface area contributed by atoms with Crippen LogP contribution in [0, 0.1) is 6.57 Å². The number of nitrogens with zero attached hydrogens (tertiary/aromatic N) is 3. The van der Waals surface area contributed by atoms with Crippen molar-refractivity contribution in [3.8, 4) is 22.5 Å². The van der Waals surface area contributed by atoms with Crippen LogP contribution in [0.15, 0.2) is 156 Å². The number of rotatable bonds is 3. The van der Waals surface area contributed by atoms with Crippen LogP contribution in [-0.4, -0.2) is 9.13 Å². The summed E-state index contributed by atoms with van der Waals surface area (Å²) in [5.41, 5.74) is 11.2. The second-order valence-corrected chi connectivity index (χ2v) is 12.1. The lowest BCUT2D eigenvalue weighted by Gasteiger charge is -2.13. The van der Waals surface area contributed by atoms with Gasteiger partial charge in [-0.1, -0.05) is 91.0 Å². The van der Waals surface area contributed by atoms with Crippen molar-refractivity contribution in [2.24, 2.45) is 0 Å². The zero-order chi connectivity index (χ0) is 31.1. The van der Waals surface area contributed by atoms with Crippen molar-refractivity contribution in [3.63, 3.8) is 0 Å². The molecule has 10 aromatic rings. The fourth-order valence-electron chi connectivity index (χ4n) is 7.46. The fourth-order valence-corrected chi connectivity index (χ4v) is 7.46. The molecule has 0 N–H and O–H groups in total. The van der Waals surface area contributed by atoms with E-state index in [-0.39, 0.29) is 0 Å². The van der Waals surface area contributed by atoms with Crippen LogP contribution in [0.2, 0.25) is 0 Å². The standard InChI is InChI=1S/C43H25N3O/c1-44-29-20-23-40-37(26-29)35-21-22-36-34-16-4-7-19-41(34)47-43(36)42(35)46(40)31-13-9-11-28(25-31)27-10-8-12-30(24-27)45-38-17-5-2-14-32(38)33-15-3-6-18-39(33)45/h2-26H. The van der Waals surface area contributed by atoms with E-state index >= 15 is 0 Å². The van der Waals surface area contributed by atoms with E-state index < -0.39 is 0 Å². The minimum Gasteiger partial charge on any atom is -0.454 e. The number of para-hydroxylation sites is 3. The van der Waals surface area contributed by atoms with Gasteiger partial charge in [0.15, 0.2) is 11.3 Å². The van der Waals surface area contributed by atoms with Gasteiger partial charge in [0.05, 0.1) is 28.6 Å². The Kier molecular flexibility index (Phi) is 5.32. The summed E-state index contributed by atoms with van der Waals surface area (Å²) < 4.78 is 11.2. The van der Waals surface area contributed by atoms with Gasteiger partial charge in [-0.2, -0.15) is 0 Å². The molecule has 0 aliphatic heterocycles. The summed E-state index contributed by atoms with van der Waals surface area (Å²) in [6, 6.07) is 53.2. The Labute approximate surface area is 269 Å². The minimum atomic E-state index is 0.622. The summed E-state index contributed by atoms with van der Waals surface area (Å²) in [7, 11) is 0. The average molecular weight is 600 g/mol. The quantitative estimate of drug-likeness (QED) is 0.186. The maximum atomic E-state index is 7.68. The Bertz CT molecular complexity index is 2880. The van der Waals surface area contributed by atoms with E-state index in [4.69, 9.17) is 11.0 Å².